The quantitative estimate of drug-likeness (QED) is 0.635. The average molecular weight is 455 g/mol. The van der Waals surface area contributed by atoms with Crippen LogP contribution in [0.15, 0.2) is 46.2 Å². The average Bonchev–Trinajstić information content (AvgIpc) is 3.31. The maximum Gasteiger partial charge on any atom is 0.436 e. The minimum absolute atomic E-state index is 0.00406. The highest BCUT2D eigenvalue weighted by molar-refractivity contribution is 7.98. The summed E-state index contributed by atoms with van der Waals surface area (Å²) in [6.45, 7) is 0.0470. The summed E-state index contributed by atoms with van der Waals surface area (Å²) in [7, 11) is -3.94. The first-order valence-electron chi connectivity index (χ1n) is 8.52. The Morgan fingerprint density at radius 1 is 1.10 bits per heavy atom. The monoisotopic (exact) mass is 455 g/mol. The van der Waals surface area contributed by atoms with E-state index in [0.29, 0.717) is 17.1 Å². The molecule has 12 heteroatoms. The van der Waals surface area contributed by atoms with Crippen LogP contribution < -0.4 is 14.6 Å². The van der Waals surface area contributed by atoms with E-state index in [9.17, 15) is 21.6 Å². The van der Waals surface area contributed by atoms with E-state index in [-0.39, 0.29) is 33.7 Å². The van der Waals surface area contributed by atoms with Gasteiger partial charge in [0.05, 0.1) is 21.2 Å². The molecule has 5 rings (SSSR count). The molecule has 156 valence electrons. The van der Waals surface area contributed by atoms with Crippen molar-refractivity contribution in [1.82, 2.24) is 9.78 Å². The lowest BCUT2D eigenvalue weighted by atomic mass is 10.0. The van der Waals surface area contributed by atoms with Gasteiger partial charge in [0.1, 0.15) is 0 Å². The van der Waals surface area contributed by atoms with Crippen LogP contribution in [-0.4, -0.2) is 25.0 Å². The number of fused-ring (bicyclic) bond motifs is 5. The first-order valence-corrected chi connectivity index (χ1v) is 11.1. The molecule has 1 aromatic heterocycles. The third-order valence-corrected chi connectivity index (χ3v) is 6.82. The second kappa shape index (κ2) is 6.40. The second-order valence-corrected chi connectivity index (χ2v) is 9.14. The van der Waals surface area contributed by atoms with E-state index < -0.39 is 21.9 Å². The molecule has 0 atom stereocenters. The van der Waals surface area contributed by atoms with Gasteiger partial charge in [0.15, 0.2) is 17.2 Å². The summed E-state index contributed by atoms with van der Waals surface area (Å²) >= 11 is 1.02. The van der Waals surface area contributed by atoms with Gasteiger partial charge in [-0.1, -0.05) is 0 Å². The van der Waals surface area contributed by atoms with E-state index in [1.807, 2.05) is 0 Å². The van der Waals surface area contributed by atoms with E-state index in [1.54, 1.807) is 12.1 Å². The number of alkyl halides is 3. The Bertz CT molecular complexity index is 1290. The van der Waals surface area contributed by atoms with E-state index in [1.165, 1.54) is 24.3 Å². The van der Waals surface area contributed by atoms with Crippen molar-refractivity contribution < 1.29 is 31.1 Å². The summed E-state index contributed by atoms with van der Waals surface area (Å²) in [5, 5.41) is 8.94. The van der Waals surface area contributed by atoms with Gasteiger partial charge in [-0.25, -0.2) is 18.2 Å². The molecule has 3 heterocycles. The summed E-state index contributed by atoms with van der Waals surface area (Å²) < 4.78 is 76.1. The predicted molar refractivity (Wildman–Crippen MR) is 101 cm³/mol. The number of benzene rings is 2. The molecule has 2 aliphatic heterocycles. The molecule has 0 radical (unpaired) electrons. The van der Waals surface area contributed by atoms with Gasteiger partial charge in [0.2, 0.25) is 16.8 Å². The fourth-order valence-corrected chi connectivity index (χ4v) is 5.18. The van der Waals surface area contributed by atoms with Crippen molar-refractivity contribution >= 4 is 21.8 Å². The van der Waals surface area contributed by atoms with Gasteiger partial charge in [-0.15, -0.1) is 11.8 Å². The van der Waals surface area contributed by atoms with Crippen molar-refractivity contribution in [2.75, 3.05) is 6.79 Å². The van der Waals surface area contributed by atoms with Crippen LogP contribution in [0.25, 0.3) is 16.9 Å². The number of hydrogen-bond acceptors (Lipinski definition) is 6. The Morgan fingerprint density at radius 2 is 1.83 bits per heavy atom. The Kier molecular flexibility index (Phi) is 4.11. The molecule has 0 aliphatic carbocycles. The van der Waals surface area contributed by atoms with Crippen molar-refractivity contribution in [2.45, 2.75) is 21.7 Å². The zero-order valence-electron chi connectivity index (χ0n) is 14.9. The van der Waals surface area contributed by atoms with Crippen molar-refractivity contribution in [3.8, 4) is 28.4 Å². The van der Waals surface area contributed by atoms with Crippen LogP contribution in [-0.2, 0) is 22.0 Å². The molecule has 2 aliphatic rings. The fourth-order valence-electron chi connectivity index (χ4n) is 3.47. The number of ether oxygens (including phenoxy) is 2. The van der Waals surface area contributed by atoms with Gasteiger partial charge in [-0.2, -0.15) is 18.3 Å². The Labute approximate surface area is 172 Å². The normalized spacial score (nSPS) is 15.1. The second-order valence-electron chi connectivity index (χ2n) is 6.59. The minimum Gasteiger partial charge on any atom is -0.454 e. The predicted octanol–water partition coefficient (Wildman–Crippen LogP) is 3.54. The lowest BCUT2D eigenvalue weighted by molar-refractivity contribution is -0.143. The summed E-state index contributed by atoms with van der Waals surface area (Å²) in [5.74, 6) is 1.32. The summed E-state index contributed by atoms with van der Waals surface area (Å²) in [6, 6.07) is 8.50. The van der Waals surface area contributed by atoms with Crippen LogP contribution in [0.4, 0.5) is 13.2 Å². The molecule has 2 N–H and O–H groups in total. The van der Waals surface area contributed by atoms with Gasteiger partial charge in [-0.3, -0.25) is 0 Å². The molecule has 30 heavy (non-hydrogen) atoms. The van der Waals surface area contributed by atoms with Gasteiger partial charge in [0, 0.05) is 16.9 Å². The molecular formula is C18H12F3N3O4S2. The van der Waals surface area contributed by atoms with Gasteiger partial charge >= 0.3 is 6.18 Å². The third-order valence-electron chi connectivity index (χ3n) is 4.78. The number of rotatable bonds is 2. The van der Waals surface area contributed by atoms with Crippen molar-refractivity contribution in [3.05, 3.63) is 47.7 Å². The molecular weight excluding hydrogens is 443 g/mol. The van der Waals surface area contributed by atoms with Crippen LogP contribution in [0, 0.1) is 0 Å². The van der Waals surface area contributed by atoms with Crippen molar-refractivity contribution in [1.29, 1.82) is 0 Å². The van der Waals surface area contributed by atoms with Gasteiger partial charge in [-0.05, 0) is 36.4 Å². The molecule has 0 amide bonds. The van der Waals surface area contributed by atoms with E-state index in [2.05, 4.69) is 5.10 Å². The maximum absolute atomic E-state index is 13.7. The number of sulfonamides is 1. The molecule has 3 aromatic rings. The highest BCUT2D eigenvalue weighted by Crippen LogP contribution is 2.52. The SMILES string of the molecule is NS(=O)(=O)c1ccc(-n2nc(C(F)(F)F)c3c2-c2ccc4c(c2CS3)OCO4)cc1. The van der Waals surface area contributed by atoms with Crippen molar-refractivity contribution in [2.24, 2.45) is 5.14 Å². The summed E-state index contributed by atoms with van der Waals surface area (Å²) in [5.41, 5.74) is 0.793. The zero-order valence-corrected chi connectivity index (χ0v) is 16.6. The third kappa shape index (κ3) is 2.94. The maximum atomic E-state index is 13.7. The van der Waals surface area contributed by atoms with E-state index in [4.69, 9.17) is 14.6 Å². The van der Waals surface area contributed by atoms with E-state index >= 15 is 0 Å². The minimum atomic E-state index is -4.66. The number of hydrogen-bond donors (Lipinski definition) is 1. The van der Waals surface area contributed by atoms with Crippen molar-refractivity contribution in [3.63, 3.8) is 0 Å². The number of aromatic nitrogens is 2. The van der Waals surface area contributed by atoms with Gasteiger partial charge < -0.3 is 9.47 Å². The molecule has 0 fully saturated rings. The smallest absolute Gasteiger partial charge is 0.436 e. The fraction of sp³-hybridized carbons (Fsp3) is 0.167. The summed E-state index contributed by atoms with van der Waals surface area (Å²) in [4.78, 5) is -0.147. The number of nitrogens with zero attached hydrogens (tertiary/aromatic N) is 2. The van der Waals surface area contributed by atoms with Crippen LogP contribution >= 0.6 is 11.8 Å². The largest absolute Gasteiger partial charge is 0.454 e. The molecule has 0 spiro atoms. The Morgan fingerprint density at radius 3 is 2.50 bits per heavy atom. The van der Waals surface area contributed by atoms with E-state index in [0.717, 1.165) is 22.0 Å². The van der Waals surface area contributed by atoms with Crippen LogP contribution in [0.1, 0.15) is 11.3 Å². The number of thioether (sulfide) groups is 1. The highest BCUT2D eigenvalue weighted by Gasteiger charge is 2.42. The van der Waals surface area contributed by atoms with Crippen LogP contribution in [0.2, 0.25) is 0 Å². The lowest BCUT2D eigenvalue weighted by Crippen LogP contribution is -2.12. The zero-order chi connectivity index (χ0) is 21.3. The Balaban J connectivity index is 1.75. The molecule has 0 unspecified atom stereocenters. The molecule has 2 aromatic carbocycles. The number of primary sulfonamides is 1. The Hall–Kier alpha value is -2.70. The molecule has 0 bridgehead atoms. The van der Waals surface area contributed by atoms with Crippen LogP contribution in [0.5, 0.6) is 11.5 Å². The first kappa shape index (κ1) is 19.3. The summed E-state index contributed by atoms with van der Waals surface area (Å²) in [6.07, 6.45) is -4.66. The lowest BCUT2D eigenvalue weighted by Gasteiger charge is -2.20. The number of halogens is 3. The first-order chi connectivity index (χ1) is 14.1. The standard InChI is InChI=1S/C18H12F3N3O4S2/c19-18(20,21)17-16-14(11-5-6-13-15(28-8-27-13)12(11)7-29-16)24(23-17)9-1-3-10(4-2-9)30(22,25)26/h1-6H,7-8H2,(H2,22,25,26). The highest BCUT2D eigenvalue weighted by atomic mass is 32.2. The number of nitrogens with two attached hydrogens (primary N) is 1. The molecule has 0 saturated carbocycles. The topological polar surface area (TPSA) is 96.4 Å². The van der Waals surface area contributed by atoms with Crippen LogP contribution in [0.3, 0.4) is 0 Å². The van der Waals surface area contributed by atoms with Gasteiger partial charge in [0.25, 0.3) is 0 Å². The molecule has 7 nitrogen and oxygen atoms in total. The molecule has 0 saturated heterocycles.